The average Bonchev–Trinajstić information content (AvgIpc) is 3.41. The maximum Gasteiger partial charge on any atom is 0.417 e. The van der Waals surface area contributed by atoms with Crippen molar-refractivity contribution in [1.82, 2.24) is 14.8 Å². The van der Waals surface area contributed by atoms with E-state index in [0.717, 1.165) is 36.1 Å². The van der Waals surface area contributed by atoms with Crippen LogP contribution in [0, 0.1) is 17.4 Å². The zero-order valence-corrected chi connectivity index (χ0v) is 17.5. The average molecular weight is 437 g/mol. The number of halogens is 3. The van der Waals surface area contributed by atoms with Gasteiger partial charge in [-0.3, -0.25) is 9.59 Å². The van der Waals surface area contributed by atoms with E-state index in [1.165, 1.54) is 0 Å². The van der Waals surface area contributed by atoms with E-state index in [0.29, 0.717) is 13.0 Å². The van der Waals surface area contributed by atoms with Crippen LogP contribution in [0.25, 0.3) is 0 Å². The topological polar surface area (TPSA) is 81.4 Å². The van der Waals surface area contributed by atoms with Crippen LogP contribution in [0.1, 0.15) is 51.1 Å². The van der Waals surface area contributed by atoms with Crippen molar-refractivity contribution in [2.75, 3.05) is 18.0 Å². The Morgan fingerprint density at radius 3 is 2.65 bits per heavy atom. The second kappa shape index (κ2) is 7.77. The summed E-state index contributed by atoms with van der Waals surface area (Å²) >= 11 is 0. The molecule has 0 radical (unpaired) electrons. The van der Waals surface area contributed by atoms with E-state index in [1.54, 1.807) is 23.6 Å². The van der Waals surface area contributed by atoms with Gasteiger partial charge in [-0.05, 0) is 45.6 Å². The molecule has 3 aliphatic rings. The fourth-order valence-electron chi connectivity index (χ4n) is 5.15. The molecule has 3 aliphatic heterocycles. The lowest BCUT2D eigenvalue weighted by Gasteiger charge is -2.24. The number of hydrogen-bond acceptors (Lipinski definition) is 5. The Bertz CT molecular complexity index is 967. The molecule has 3 saturated heterocycles. The van der Waals surface area contributed by atoms with Gasteiger partial charge in [-0.1, -0.05) is 0 Å². The summed E-state index contributed by atoms with van der Waals surface area (Å²) in [6.07, 6.45) is 1.54. The van der Waals surface area contributed by atoms with E-state index in [9.17, 15) is 28.0 Å². The lowest BCUT2D eigenvalue weighted by Crippen LogP contribution is -2.46. The van der Waals surface area contributed by atoms with Crippen LogP contribution >= 0.6 is 0 Å². The molecule has 31 heavy (non-hydrogen) atoms. The Morgan fingerprint density at radius 1 is 1.29 bits per heavy atom. The van der Waals surface area contributed by atoms with Gasteiger partial charge >= 0.3 is 6.18 Å². The second-order valence-electron chi connectivity index (χ2n) is 9.01. The minimum Gasteiger partial charge on any atom is -0.366 e. The van der Waals surface area contributed by atoms with Crippen LogP contribution in [-0.2, 0) is 11.0 Å². The Kier molecular flexibility index (Phi) is 5.40. The van der Waals surface area contributed by atoms with Crippen LogP contribution in [0.3, 0.4) is 0 Å². The van der Waals surface area contributed by atoms with Crippen LogP contribution in [0.5, 0.6) is 0 Å². The first-order valence-electron chi connectivity index (χ1n) is 10.7. The van der Waals surface area contributed by atoms with Crippen molar-refractivity contribution in [3.8, 4) is 6.19 Å². The lowest BCUT2D eigenvalue weighted by atomic mass is 9.95. The normalized spacial score (nSPS) is 27.8. The fourth-order valence-corrected chi connectivity index (χ4v) is 5.15. The van der Waals surface area contributed by atoms with Crippen molar-refractivity contribution < 1.29 is 18.0 Å². The molecular formula is C21H26F3N5O2. The molecule has 3 fully saturated rings. The quantitative estimate of drug-likeness (QED) is 0.732. The number of hydrogen-bond donors (Lipinski definition) is 1. The van der Waals surface area contributed by atoms with Gasteiger partial charge in [-0.2, -0.15) is 18.4 Å². The molecule has 0 aliphatic carbocycles. The summed E-state index contributed by atoms with van der Waals surface area (Å²) in [5, 5.41) is 12.3. The number of rotatable bonds is 4. The molecule has 4 rings (SSSR count). The van der Waals surface area contributed by atoms with Crippen molar-refractivity contribution in [3.05, 3.63) is 28.2 Å². The molecule has 10 heteroatoms. The molecule has 1 unspecified atom stereocenters. The number of pyridine rings is 1. The van der Waals surface area contributed by atoms with Crippen molar-refractivity contribution >= 4 is 11.6 Å². The van der Waals surface area contributed by atoms with Gasteiger partial charge in [0.2, 0.25) is 5.91 Å². The minimum atomic E-state index is -4.57. The minimum absolute atomic E-state index is 0.0191. The highest BCUT2D eigenvalue weighted by Crippen LogP contribution is 2.37. The largest absolute Gasteiger partial charge is 0.417 e. The van der Waals surface area contributed by atoms with Crippen molar-refractivity contribution in [2.24, 2.45) is 5.92 Å². The summed E-state index contributed by atoms with van der Waals surface area (Å²) in [5.74, 6) is -0.565. The molecular weight excluding hydrogens is 411 g/mol. The summed E-state index contributed by atoms with van der Waals surface area (Å²) in [5.41, 5.74) is -1.38. The predicted octanol–water partition coefficient (Wildman–Crippen LogP) is 2.48. The van der Waals surface area contributed by atoms with Gasteiger partial charge in [0.15, 0.2) is 6.19 Å². The van der Waals surface area contributed by atoms with Crippen LogP contribution < -0.4 is 15.8 Å². The predicted molar refractivity (Wildman–Crippen MR) is 107 cm³/mol. The van der Waals surface area contributed by atoms with Crippen molar-refractivity contribution in [3.63, 3.8) is 0 Å². The molecule has 1 N–H and O–H groups in total. The third-order valence-electron chi connectivity index (χ3n) is 6.79. The number of alkyl halides is 3. The lowest BCUT2D eigenvalue weighted by molar-refractivity contribution is -0.138. The maximum absolute atomic E-state index is 13.4. The van der Waals surface area contributed by atoms with Crippen LogP contribution in [-0.4, -0.2) is 46.6 Å². The van der Waals surface area contributed by atoms with Gasteiger partial charge < -0.3 is 19.7 Å². The summed E-state index contributed by atoms with van der Waals surface area (Å²) < 4.78 is 41.2. The molecule has 2 bridgehead atoms. The summed E-state index contributed by atoms with van der Waals surface area (Å²) in [6.45, 7) is 3.86. The number of amides is 1. The molecule has 1 aromatic heterocycles. The van der Waals surface area contributed by atoms with Gasteiger partial charge in [0, 0.05) is 31.4 Å². The monoisotopic (exact) mass is 437 g/mol. The van der Waals surface area contributed by atoms with Crippen LogP contribution in [0.4, 0.5) is 18.9 Å². The van der Waals surface area contributed by atoms with Gasteiger partial charge in [0.25, 0.3) is 5.56 Å². The van der Waals surface area contributed by atoms with E-state index < -0.39 is 29.3 Å². The molecule has 168 valence electrons. The summed E-state index contributed by atoms with van der Waals surface area (Å²) in [6, 6.07) is 0.600. The molecule has 0 spiro atoms. The SMILES string of the molecule is CC(C)n1cc(C(F)(F)F)cc(N2CCC(C(=O)N[C@@H]3C[C@@H]4CC[C@H]3N4C#N)C2)c1=O. The first-order chi connectivity index (χ1) is 14.6. The highest BCUT2D eigenvalue weighted by Gasteiger charge is 2.47. The number of fused-ring (bicyclic) bond motifs is 2. The van der Waals surface area contributed by atoms with Gasteiger partial charge in [0.1, 0.15) is 5.69 Å². The second-order valence-corrected chi connectivity index (χ2v) is 9.01. The Balaban J connectivity index is 1.49. The third kappa shape index (κ3) is 3.86. The number of nitrogens with zero attached hydrogens (tertiary/aromatic N) is 4. The number of carbonyl (C=O) groups is 1. The maximum atomic E-state index is 13.4. The fraction of sp³-hybridized carbons (Fsp3) is 0.667. The standard InChI is InChI=1S/C21H26F3N5O2/c1-12(2)28-10-14(21(22,23)24)7-18(20(28)31)27-6-5-13(9-27)19(30)26-16-8-15-3-4-17(16)29(15)11-25/h7,10,12-13,15-17H,3-6,8-9H2,1-2H3,(H,26,30)/t13?,15-,16+,17+/m0/s1. The van der Waals surface area contributed by atoms with Crippen LogP contribution in [0.2, 0.25) is 0 Å². The molecule has 0 aromatic carbocycles. The van der Waals surface area contributed by atoms with Gasteiger partial charge in [0.05, 0.1) is 23.6 Å². The molecule has 0 saturated carbocycles. The van der Waals surface area contributed by atoms with Crippen molar-refractivity contribution in [2.45, 2.75) is 69.9 Å². The number of anilines is 1. The van der Waals surface area contributed by atoms with Crippen LogP contribution in [0.15, 0.2) is 17.1 Å². The van der Waals surface area contributed by atoms with Gasteiger partial charge in [-0.25, -0.2) is 0 Å². The van der Waals surface area contributed by atoms with E-state index in [1.807, 2.05) is 0 Å². The number of nitrogens with one attached hydrogen (secondary N) is 1. The molecule has 1 amide bonds. The van der Waals surface area contributed by atoms with E-state index in [4.69, 9.17) is 0 Å². The van der Waals surface area contributed by atoms with Gasteiger partial charge in [-0.15, -0.1) is 0 Å². The smallest absolute Gasteiger partial charge is 0.366 e. The van der Waals surface area contributed by atoms with Crippen molar-refractivity contribution in [1.29, 1.82) is 5.26 Å². The zero-order valence-electron chi connectivity index (χ0n) is 17.5. The highest BCUT2D eigenvalue weighted by molar-refractivity contribution is 5.80. The molecule has 4 atom stereocenters. The molecule has 7 nitrogen and oxygen atoms in total. The Morgan fingerprint density at radius 2 is 2.03 bits per heavy atom. The highest BCUT2D eigenvalue weighted by atomic mass is 19.4. The van der Waals surface area contributed by atoms with E-state index >= 15 is 0 Å². The number of carbonyl (C=O) groups excluding carboxylic acids is 1. The number of nitriles is 1. The summed E-state index contributed by atoms with van der Waals surface area (Å²) in [7, 11) is 0. The van der Waals surface area contributed by atoms with E-state index in [-0.39, 0.29) is 36.3 Å². The molecule has 4 heterocycles. The zero-order chi connectivity index (χ0) is 22.5. The first-order valence-corrected chi connectivity index (χ1v) is 10.7. The van der Waals surface area contributed by atoms with E-state index in [2.05, 4.69) is 11.5 Å². The summed E-state index contributed by atoms with van der Waals surface area (Å²) in [4.78, 5) is 29.0. The number of aromatic nitrogens is 1. The Hall–Kier alpha value is -2.70. The third-order valence-corrected chi connectivity index (χ3v) is 6.79. The Labute approximate surface area is 178 Å². The first kappa shape index (κ1) is 21.5. The molecule has 1 aromatic rings.